The minimum Gasteiger partial charge on any atom is -0.471 e. The molecule has 1 rings (SSSR count). The van der Waals surface area contributed by atoms with Crippen molar-refractivity contribution in [3.05, 3.63) is 11.8 Å². The molecule has 1 aliphatic heterocycles. The van der Waals surface area contributed by atoms with Gasteiger partial charge in [0.25, 0.3) is 5.17 Å². The second kappa shape index (κ2) is 4.94. The highest BCUT2D eigenvalue weighted by molar-refractivity contribution is 7.92. The standard InChI is InChI=1S/C9H15NO3S2/c1-7(2)5-13-9(14)10-8-3-4-15(11,12)6-8/h3,7H,4-6H2,1-2H3,(H,10,14). The molecule has 0 saturated heterocycles. The zero-order valence-electron chi connectivity index (χ0n) is 8.82. The van der Waals surface area contributed by atoms with Crippen molar-refractivity contribution in [2.24, 2.45) is 5.92 Å². The number of sulfone groups is 1. The van der Waals surface area contributed by atoms with E-state index < -0.39 is 9.84 Å². The molecule has 0 unspecified atom stereocenters. The highest BCUT2D eigenvalue weighted by Gasteiger charge is 2.20. The second-order valence-electron chi connectivity index (χ2n) is 3.90. The number of ether oxygens (including phenoxy) is 1. The highest BCUT2D eigenvalue weighted by atomic mass is 32.2. The van der Waals surface area contributed by atoms with E-state index in [1.807, 2.05) is 13.8 Å². The van der Waals surface area contributed by atoms with Crippen LogP contribution in [0.15, 0.2) is 11.8 Å². The van der Waals surface area contributed by atoms with Crippen LogP contribution in [0.3, 0.4) is 0 Å². The van der Waals surface area contributed by atoms with Gasteiger partial charge in [0.1, 0.15) is 0 Å². The largest absolute Gasteiger partial charge is 0.471 e. The van der Waals surface area contributed by atoms with Crippen LogP contribution in [0.1, 0.15) is 13.8 Å². The van der Waals surface area contributed by atoms with E-state index in [0.29, 0.717) is 18.2 Å². The topological polar surface area (TPSA) is 55.4 Å². The van der Waals surface area contributed by atoms with Crippen molar-refractivity contribution in [1.82, 2.24) is 5.32 Å². The van der Waals surface area contributed by atoms with Crippen LogP contribution in [0.25, 0.3) is 0 Å². The van der Waals surface area contributed by atoms with Crippen LogP contribution in [0.5, 0.6) is 0 Å². The fraction of sp³-hybridized carbons (Fsp3) is 0.667. The van der Waals surface area contributed by atoms with Gasteiger partial charge in [0.15, 0.2) is 9.84 Å². The summed E-state index contributed by atoms with van der Waals surface area (Å²) in [6.45, 7) is 4.57. The molecule has 0 aromatic heterocycles. The molecule has 1 heterocycles. The third-order valence-corrected chi connectivity index (χ3v) is 3.41. The van der Waals surface area contributed by atoms with E-state index >= 15 is 0 Å². The molecule has 6 heteroatoms. The van der Waals surface area contributed by atoms with Crippen molar-refractivity contribution in [3.63, 3.8) is 0 Å². The Morgan fingerprint density at radius 3 is 2.80 bits per heavy atom. The van der Waals surface area contributed by atoms with Gasteiger partial charge in [-0.2, -0.15) is 0 Å². The zero-order valence-corrected chi connectivity index (χ0v) is 10.5. The number of hydrogen-bond donors (Lipinski definition) is 1. The van der Waals surface area contributed by atoms with Crippen molar-refractivity contribution in [2.75, 3.05) is 18.1 Å². The van der Waals surface area contributed by atoms with Crippen LogP contribution in [0, 0.1) is 5.92 Å². The summed E-state index contributed by atoms with van der Waals surface area (Å²) in [7, 11) is -2.94. The first kappa shape index (κ1) is 12.4. The minimum absolute atomic E-state index is 0.0260. The monoisotopic (exact) mass is 249 g/mol. The van der Waals surface area contributed by atoms with E-state index in [2.05, 4.69) is 5.32 Å². The van der Waals surface area contributed by atoms with Gasteiger partial charge in [0.2, 0.25) is 0 Å². The van der Waals surface area contributed by atoms with Gasteiger partial charge in [-0.05, 0) is 24.2 Å². The molecule has 1 N–H and O–H groups in total. The van der Waals surface area contributed by atoms with Crippen molar-refractivity contribution in [2.45, 2.75) is 13.8 Å². The molecule has 4 nitrogen and oxygen atoms in total. The summed E-state index contributed by atoms with van der Waals surface area (Å²) in [5.41, 5.74) is 0.615. The van der Waals surface area contributed by atoms with E-state index in [9.17, 15) is 8.42 Å². The first-order valence-electron chi connectivity index (χ1n) is 4.72. The SMILES string of the molecule is CC(C)COC(=S)NC1=CCS(=O)(=O)C1. The Bertz CT molecular complexity index is 371. The Morgan fingerprint density at radius 2 is 2.33 bits per heavy atom. The molecular formula is C9H15NO3S2. The lowest BCUT2D eigenvalue weighted by atomic mass is 10.2. The quantitative estimate of drug-likeness (QED) is 0.751. The molecule has 0 atom stereocenters. The van der Waals surface area contributed by atoms with Gasteiger partial charge in [-0.1, -0.05) is 13.8 Å². The Kier molecular flexibility index (Phi) is 4.10. The fourth-order valence-corrected chi connectivity index (χ4v) is 2.51. The molecule has 0 aromatic rings. The van der Waals surface area contributed by atoms with Gasteiger partial charge in [-0.25, -0.2) is 8.42 Å². The van der Waals surface area contributed by atoms with Crippen molar-refractivity contribution in [1.29, 1.82) is 0 Å². The first-order valence-corrected chi connectivity index (χ1v) is 6.95. The molecule has 0 spiro atoms. The zero-order chi connectivity index (χ0) is 11.5. The van der Waals surface area contributed by atoms with Crippen molar-refractivity contribution in [3.8, 4) is 0 Å². The molecule has 0 aliphatic carbocycles. The van der Waals surface area contributed by atoms with E-state index in [1.54, 1.807) is 6.08 Å². The summed E-state index contributed by atoms with van der Waals surface area (Å²) >= 11 is 4.92. The smallest absolute Gasteiger partial charge is 0.260 e. The van der Waals surface area contributed by atoms with Gasteiger partial charge in [-0.3, -0.25) is 0 Å². The third kappa shape index (κ3) is 4.61. The summed E-state index contributed by atoms with van der Waals surface area (Å²) in [4.78, 5) is 0. The molecular weight excluding hydrogens is 234 g/mol. The summed E-state index contributed by atoms with van der Waals surface area (Å²) in [6, 6.07) is 0. The van der Waals surface area contributed by atoms with Gasteiger partial charge < -0.3 is 10.1 Å². The van der Waals surface area contributed by atoms with E-state index in [4.69, 9.17) is 17.0 Å². The van der Waals surface area contributed by atoms with Gasteiger partial charge >= 0.3 is 0 Å². The van der Waals surface area contributed by atoms with Crippen LogP contribution >= 0.6 is 12.2 Å². The Morgan fingerprint density at radius 1 is 1.67 bits per heavy atom. The summed E-state index contributed by atoms with van der Waals surface area (Å²) < 4.78 is 27.4. The molecule has 0 saturated carbocycles. The number of rotatable bonds is 3. The van der Waals surface area contributed by atoms with Gasteiger partial charge in [-0.15, -0.1) is 0 Å². The lowest BCUT2D eigenvalue weighted by molar-refractivity contribution is 0.256. The molecule has 0 radical (unpaired) electrons. The van der Waals surface area contributed by atoms with Crippen LogP contribution < -0.4 is 5.32 Å². The summed E-state index contributed by atoms with van der Waals surface area (Å²) in [5.74, 6) is 0.506. The summed E-state index contributed by atoms with van der Waals surface area (Å²) in [6.07, 6.45) is 1.63. The van der Waals surface area contributed by atoms with Crippen molar-refractivity contribution < 1.29 is 13.2 Å². The maximum absolute atomic E-state index is 11.1. The molecule has 0 bridgehead atoms. The van der Waals surface area contributed by atoms with Crippen molar-refractivity contribution >= 4 is 27.2 Å². The molecule has 86 valence electrons. The number of nitrogens with one attached hydrogen (secondary N) is 1. The highest BCUT2D eigenvalue weighted by Crippen LogP contribution is 2.08. The Hall–Kier alpha value is -0.620. The number of thiocarbonyl (C=S) groups is 1. The van der Waals surface area contributed by atoms with Crippen LogP contribution in [-0.2, 0) is 14.6 Å². The number of hydrogen-bond acceptors (Lipinski definition) is 4. The third-order valence-electron chi connectivity index (χ3n) is 1.77. The van der Waals surface area contributed by atoms with E-state index in [0.717, 1.165) is 0 Å². The van der Waals surface area contributed by atoms with Crippen LogP contribution in [0.4, 0.5) is 0 Å². The fourth-order valence-electron chi connectivity index (χ4n) is 1.08. The predicted octanol–water partition coefficient (Wildman–Crippen LogP) is 0.846. The van der Waals surface area contributed by atoms with E-state index in [1.165, 1.54) is 0 Å². The van der Waals surface area contributed by atoms with Gasteiger partial charge in [0, 0.05) is 5.70 Å². The maximum atomic E-state index is 11.1. The average molecular weight is 249 g/mol. The molecule has 15 heavy (non-hydrogen) atoms. The normalized spacial score (nSPS) is 18.7. The second-order valence-corrected chi connectivity index (χ2v) is 6.38. The molecule has 1 aliphatic rings. The van der Waals surface area contributed by atoms with Crippen LogP contribution in [-0.4, -0.2) is 31.7 Å². The van der Waals surface area contributed by atoms with E-state index in [-0.39, 0.29) is 16.7 Å². The minimum atomic E-state index is -2.94. The van der Waals surface area contributed by atoms with Crippen LogP contribution in [0.2, 0.25) is 0 Å². The Balaban J connectivity index is 2.34. The first-order chi connectivity index (χ1) is 6.89. The summed E-state index contributed by atoms with van der Waals surface area (Å²) in [5, 5.41) is 3.02. The lowest BCUT2D eigenvalue weighted by Crippen LogP contribution is -2.26. The molecule has 0 aromatic carbocycles. The molecule has 0 fully saturated rings. The predicted molar refractivity (Wildman–Crippen MR) is 63.3 cm³/mol. The Labute approximate surface area is 95.6 Å². The molecule has 0 amide bonds. The van der Waals surface area contributed by atoms with Gasteiger partial charge in [0.05, 0.1) is 18.1 Å². The lowest BCUT2D eigenvalue weighted by Gasteiger charge is -2.11. The maximum Gasteiger partial charge on any atom is 0.260 e. The average Bonchev–Trinajstić information content (AvgIpc) is 2.42.